The molecule has 2 aliphatic rings. The van der Waals surface area contributed by atoms with E-state index < -0.39 is 17.7 Å². The first-order chi connectivity index (χ1) is 14.6. The fourth-order valence-corrected chi connectivity index (χ4v) is 3.90. The van der Waals surface area contributed by atoms with Gasteiger partial charge in [0, 0.05) is 37.9 Å². The number of ketones is 1. The highest BCUT2D eigenvalue weighted by Gasteiger charge is 2.46. The van der Waals surface area contributed by atoms with Crippen molar-refractivity contribution in [1.82, 2.24) is 14.8 Å². The van der Waals surface area contributed by atoms with Crippen molar-refractivity contribution in [2.45, 2.75) is 13.0 Å². The lowest BCUT2D eigenvalue weighted by Crippen LogP contribution is -2.42. The smallest absolute Gasteiger partial charge is 0.295 e. The third-order valence-electron chi connectivity index (χ3n) is 5.59. The molecule has 2 aliphatic heterocycles. The second-order valence-corrected chi connectivity index (χ2v) is 7.57. The van der Waals surface area contributed by atoms with Crippen LogP contribution in [0.15, 0.2) is 54.2 Å². The molecule has 2 saturated heterocycles. The fraction of sp³-hybridized carbons (Fsp3) is 0.348. The number of amides is 1. The number of hydrogen-bond donors (Lipinski definition) is 1. The SMILES string of the molecule is Cc1ccc(/C(O)=C2\C(=O)C(=O)N(CCN3CCOCC3)C2c2ccccn2)cc1. The summed E-state index contributed by atoms with van der Waals surface area (Å²) in [5.41, 5.74) is 2.20. The topological polar surface area (TPSA) is 83.0 Å². The number of carbonyl (C=O) groups is 2. The van der Waals surface area contributed by atoms with Crippen molar-refractivity contribution >= 4 is 17.4 Å². The lowest BCUT2D eigenvalue weighted by Gasteiger charge is -2.30. The average Bonchev–Trinajstić information content (AvgIpc) is 3.04. The van der Waals surface area contributed by atoms with E-state index in [-0.39, 0.29) is 11.3 Å². The maximum Gasteiger partial charge on any atom is 0.295 e. The van der Waals surface area contributed by atoms with Crippen LogP contribution in [0.2, 0.25) is 0 Å². The maximum atomic E-state index is 13.0. The Balaban J connectivity index is 1.71. The number of aliphatic hydroxyl groups excluding tert-OH is 1. The first kappa shape index (κ1) is 20.3. The van der Waals surface area contributed by atoms with Crippen molar-refractivity contribution in [1.29, 1.82) is 0 Å². The van der Waals surface area contributed by atoms with Crippen LogP contribution in [-0.2, 0) is 14.3 Å². The molecule has 2 aromatic rings. The van der Waals surface area contributed by atoms with Crippen molar-refractivity contribution in [3.05, 3.63) is 71.1 Å². The number of hydrogen-bond acceptors (Lipinski definition) is 6. The summed E-state index contributed by atoms with van der Waals surface area (Å²) in [4.78, 5) is 34.0. The number of benzene rings is 1. The monoisotopic (exact) mass is 407 g/mol. The number of aryl methyl sites for hydroxylation is 1. The normalized spacial score (nSPS) is 21.9. The van der Waals surface area contributed by atoms with E-state index in [9.17, 15) is 14.7 Å². The number of pyridine rings is 1. The minimum Gasteiger partial charge on any atom is -0.507 e. The Morgan fingerprint density at radius 3 is 2.50 bits per heavy atom. The van der Waals surface area contributed by atoms with Crippen LogP contribution in [0.5, 0.6) is 0 Å². The van der Waals surface area contributed by atoms with Crippen LogP contribution in [0.4, 0.5) is 0 Å². The molecular formula is C23H25N3O4. The standard InChI is InChI=1S/C23H25N3O4/c1-16-5-7-17(8-6-16)21(27)19-20(18-4-2-3-9-24-18)26(23(29)22(19)28)11-10-25-12-14-30-15-13-25/h2-9,20,27H,10-15H2,1H3/b21-19+. The summed E-state index contributed by atoms with van der Waals surface area (Å²) >= 11 is 0. The Bertz CT molecular complexity index is 950. The quantitative estimate of drug-likeness (QED) is 0.465. The molecule has 4 rings (SSSR count). The highest BCUT2D eigenvalue weighted by atomic mass is 16.5. The van der Waals surface area contributed by atoms with E-state index in [1.807, 2.05) is 25.1 Å². The Morgan fingerprint density at radius 2 is 1.83 bits per heavy atom. The van der Waals surface area contributed by atoms with Gasteiger partial charge in [0.15, 0.2) is 0 Å². The van der Waals surface area contributed by atoms with Crippen LogP contribution >= 0.6 is 0 Å². The van der Waals surface area contributed by atoms with Gasteiger partial charge in [-0.15, -0.1) is 0 Å². The number of carbonyl (C=O) groups excluding carboxylic acids is 2. The van der Waals surface area contributed by atoms with E-state index in [0.29, 0.717) is 37.6 Å². The molecule has 2 fully saturated rings. The number of morpholine rings is 1. The molecule has 0 bridgehead atoms. The van der Waals surface area contributed by atoms with Gasteiger partial charge in [0.05, 0.1) is 24.5 Å². The molecule has 30 heavy (non-hydrogen) atoms. The van der Waals surface area contributed by atoms with Gasteiger partial charge in [-0.25, -0.2) is 0 Å². The van der Waals surface area contributed by atoms with Crippen LogP contribution in [-0.4, -0.2) is 71.0 Å². The summed E-state index contributed by atoms with van der Waals surface area (Å²) in [7, 11) is 0. The minimum atomic E-state index is -0.714. The zero-order valence-electron chi connectivity index (χ0n) is 17.0. The lowest BCUT2D eigenvalue weighted by atomic mass is 9.98. The van der Waals surface area contributed by atoms with Crippen molar-refractivity contribution in [2.24, 2.45) is 0 Å². The second kappa shape index (κ2) is 8.77. The lowest BCUT2D eigenvalue weighted by molar-refractivity contribution is -0.140. The van der Waals surface area contributed by atoms with Crippen LogP contribution in [0.3, 0.4) is 0 Å². The zero-order chi connectivity index (χ0) is 21.1. The van der Waals surface area contributed by atoms with Crippen LogP contribution < -0.4 is 0 Å². The molecule has 0 saturated carbocycles. The van der Waals surface area contributed by atoms with Gasteiger partial charge >= 0.3 is 0 Å². The Morgan fingerprint density at radius 1 is 1.10 bits per heavy atom. The summed E-state index contributed by atoms with van der Waals surface area (Å²) in [5, 5.41) is 11.0. The number of rotatable bonds is 5. The zero-order valence-corrected chi connectivity index (χ0v) is 17.0. The van der Waals surface area contributed by atoms with Gasteiger partial charge in [-0.1, -0.05) is 35.9 Å². The molecular weight excluding hydrogens is 382 g/mol. The third-order valence-corrected chi connectivity index (χ3v) is 5.59. The van der Waals surface area contributed by atoms with Crippen molar-refractivity contribution < 1.29 is 19.4 Å². The van der Waals surface area contributed by atoms with Gasteiger partial charge in [0.1, 0.15) is 11.8 Å². The summed E-state index contributed by atoms with van der Waals surface area (Å²) < 4.78 is 5.38. The van der Waals surface area contributed by atoms with Gasteiger partial charge in [-0.3, -0.25) is 19.5 Å². The molecule has 156 valence electrons. The van der Waals surface area contributed by atoms with Crippen LogP contribution in [0, 0.1) is 6.92 Å². The molecule has 1 unspecified atom stereocenters. The van der Waals surface area contributed by atoms with Gasteiger partial charge < -0.3 is 14.7 Å². The molecule has 1 N–H and O–H groups in total. The van der Waals surface area contributed by atoms with E-state index >= 15 is 0 Å². The number of nitrogens with zero attached hydrogens (tertiary/aromatic N) is 3. The van der Waals surface area contributed by atoms with Crippen molar-refractivity contribution in [2.75, 3.05) is 39.4 Å². The predicted octanol–water partition coefficient (Wildman–Crippen LogP) is 2.14. The van der Waals surface area contributed by atoms with Crippen LogP contribution in [0.25, 0.3) is 5.76 Å². The molecule has 0 radical (unpaired) electrons. The molecule has 7 nitrogen and oxygen atoms in total. The molecule has 3 heterocycles. The molecule has 1 aromatic heterocycles. The van der Waals surface area contributed by atoms with Crippen LogP contribution in [0.1, 0.15) is 22.9 Å². The molecule has 7 heteroatoms. The number of Topliss-reactive ketones (excluding diaryl/α,β-unsaturated/α-hetero) is 1. The summed E-state index contributed by atoms with van der Waals surface area (Å²) in [6.45, 7) is 5.86. The summed E-state index contributed by atoms with van der Waals surface area (Å²) in [6, 6.07) is 11.9. The third kappa shape index (κ3) is 3.99. The molecule has 0 aliphatic carbocycles. The van der Waals surface area contributed by atoms with E-state index in [1.165, 1.54) is 4.90 Å². The molecule has 1 amide bonds. The van der Waals surface area contributed by atoms with Crippen molar-refractivity contribution in [3.63, 3.8) is 0 Å². The summed E-state index contributed by atoms with van der Waals surface area (Å²) in [5.74, 6) is -1.45. The van der Waals surface area contributed by atoms with Gasteiger partial charge in [-0.05, 0) is 19.1 Å². The minimum absolute atomic E-state index is 0.0875. The molecule has 0 spiro atoms. The first-order valence-corrected chi connectivity index (χ1v) is 10.1. The van der Waals surface area contributed by atoms with Gasteiger partial charge in [-0.2, -0.15) is 0 Å². The number of ether oxygens (including phenoxy) is 1. The Labute approximate surface area is 175 Å². The average molecular weight is 407 g/mol. The van der Waals surface area contributed by atoms with E-state index in [0.717, 1.165) is 18.7 Å². The van der Waals surface area contributed by atoms with Crippen molar-refractivity contribution in [3.8, 4) is 0 Å². The number of likely N-dealkylation sites (tertiary alicyclic amines) is 1. The van der Waals surface area contributed by atoms with E-state index in [2.05, 4.69) is 9.88 Å². The fourth-order valence-electron chi connectivity index (χ4n) is 3.90. The molecule has 1 atom stereocenters. The predicted molar refractivity (Wildman–Crippen MR) is 112 cm³/mol. The largest absolute Gasteiger partial charge is 0.507 e. The molecule has 1 aromatic carbocycles. The highest BCUT2D eigenvalue weighted by Crippen LogP contribution is 2.38. The number of aliphatic hydroxyl groups is 1. The summed E-state index contributed by atoms with van der Waals surface area (Å²) in [6.07, 6.45) is 1.63. The van der Waals surface area contributed by atoms with Gasteiger partial charge in [0.2, 0.25) is 0 Å². The highest BCUT2D eigenvalue weighted by molar-refractivity contribution is 6.46. The first-order valence-electron chi connectivity index (χ1n) is 10.1. The van der Waals surface area contributed by atoms with Gasteiger partial charge in [0.25, 0.3) is 11.7 Å². The van der Waals surface area contributed by atoms with E-state index in [4.69, 9.17) is 4.74 Å². The van der Waals surface area contributed by atoms with E-state index in [1.54, 1.807) is 30.5 Å². The second-order valence-electron chi connectivity index (χ2n) is 7.57. The maximum absolute atomic E-state index is 13.0. The number of aromatic nitrogens is 1. The Kier molecular flexibility index (Phi) is 5.92. The Hall–Kier alpha value is -3.03.